The lowest BCUT2D eigenvalue weighted by Gasteiger charge is -2.26. The van der Waals surface area contributed by atoms with Crippen LogP contribution in [0.2, 0.25) is 0 Å². The molecule has 1 aliphatic heterocycles. The standard InChI is InChI=1S/C15H21N3O2S/c1-10(2)18(12-5-6-12)14(20)8-11-9-21-15(16-11)17-7-3-4-13(17)19/h9-10,12H,3-8H2,1-2H3. The van der Waals surface area contributed by atoms with Crippen LogP contribution < -0.4 is 4.90 Å². The summed E-state index contributed by atoms with van der Waals surface area (Å²) in [5.74, 6) is 0.293. The van der Waals surface area contributed by atoms with Crippen LogP contribution in [-0.4, -0.2) is 40.3 Å². The molecule has 2 heterocycles. The molecule has 5 nitrogen and oxygen atoms in total. The van der Waals surface area contributed by atoms with E-state index >= 15 is 0 Å². The summed E-state index contributed by atoms with van der Waals surface area (Å²) in [5.41, 5.74) is 0.783. The molecule has 0 bridgehead atoms. The molecular weight excluding hydrogens is 286 g/mol. The molecule has 0 aromatic carbocycles. The number of thiazole rings is 1. The van der Waals surface area contributed by atoms with Crippen LogP contribution in [0.5, 0.6) is 0 Å². The van der Waals surface area contributed by atoms with E-state index in [9.17, 15) is 9.59 Å². The molecule has 114 valence electrons. The molecule has 1 saturated heterocycles. The minimum atomic E-state index is 0.143. The summed E-state index contributed by atoms with van der Waals surface area (Å²) in [7, 11) is 0. The molecule has 1 aromatic rings. The van der Waals surface area contributed by atoms with Crippen LogP contribution in [0, 0.1) is 0 Å². The molecule has 2 fully saturated rings. The molecule has 0 unspecified atom stereocenters. The second-order valence-corrected chi connectivity index (χ2v) is 6.91. The van der Waals surface area contributed by atoms with Crippen molar-refractivity contribution in [2.75, 3.05) is 11.4 Å². The summed E-state index contributed by atoms with van der Waals surface area (Å²) >= 11 is 1.46. The molecule has 0 N–H and O–H groups in total. The predicted molar refractivity (Wildman–Crippen MR) is 82.4 cm³/mol. The van der Waals surface area contributed by atoms with E-state index in [4.69, 9.17) is 0 Å². The number of nitrogens with zero attached hydrogens (tertiary/aromatic N) is 3. The maximum atomic E-state index is 12.4. The van der Waals surface area contributed by atoms with Gasteiger partial charge >= 0.3 is 0 Å². The van der Waals surface area contributed by atoms with Crippen molar-refractivity contribution in [3.8, 4) is 0 Å². The van der Waals surface area contributed by atoms with Crippen molar-refractivity contribution in [1.82, 2.24) is 9.88 Å². The van der Waals surface area contributed by atoms with E-state index in [0.717, 1.165) is 36.6 Å². The smallest absolute Gasteiger partial charge is 0.229 e. The van der Waals surface area contributed by atoms with Crippen molar-refractivity contribution in [3.63, 3.8) is 0 Å². The third-order valence-corrected chi connectivity index (χ3v) is 4.87. The zero-order valence-corrected chi connectivity index (χ0v) is 13.4. The Morgan fingerprint density at radius 2 is 2.29 bits per heavy atom. The summed E-state index contributed by atoms with van der Waals surface area (Å²) in [6, 6.07) is 0.666. The van der Waals surface area contributed by atoms with Crippen molar-refractivity contribution < 1.29 is 9.59 Å². The monoisotopic (exact) mass is 307 g/mol. The van der Waals surface area contributed by atoms with Gasteiger partial charge in [0.25, 0.3) is 0 Å². The Balaban J connectivity index is 1.66. The summed E-state index contributed by atoms with van der Waals surface area (Å²) in [6.45, 7) is 4.87. The number of carbonyl (C=O) groups excluding carboxylic acids is 2. The van der Waals surface area contributed by atoms with Crippen molar-refractivity contribution in [1.29, 1.82) is 0 Å². The van der Waals surface area contributed by atoms with E-state index in [-0.39, 0.29) is 17.9 Å². The van der Waals surface area contributed by atoms with E-state index in [1.54, 1.807) is 4.90 Å². The number of hydrogen-bond donors (Lipinski definition) is 0. The van der Waals surface area contributed by atoms with Crippen LogP contribution in [0.25, 0.3) is 0 Å². The molecule has 3 rings (SSSR count). The van der Waals surface area contributed by atoms with E-state index in [1.807, 2.05) is 10.3 Å². The summed E-state index contributed by atoms with van der Waals surface area (Å²) in [6.07, 6.45) is 4.09. The van der Waals surface area contributed by atoms with Crippen molar-refractivity contribution in [2.45, 2.75) is 58.0 Å². The first-order chi connectivity index (χ1) is 10.1. The maximum Gasteiger partial charge on any atom is 0.229 e. The van der Waals surface area contributed by atoms with Gasteiger partial charge in [0.05, 0.1) is 12.1 Å². The van der Waals surface area contributed by atoms with Crippen LogP contribution in [-0.2, 0) is 16.0 Å². The van der Waals surface area contributed by atoms with Crippen molar-refractivity contribution in [2.24, 2.45) is 0 Å². The van der Waals surface area contributed by atoms with Gasteiger partial charge in [-0.15, -0.1) is 11.3 Å². The third-order valence-electron chi connectivity index (χ3n) is 3.96. The summed E-state index contributed by atoms with van der Waals surface area (Å²) in [4.78, 5) is 32.4. The lowest BCUT2D eigenvalue weighted by molar-refractivity contribution is -0.132. The van der Waals surface area contributed by atoms with E-state index < -0.39 is 0 Å². The molecule has 2 aliphatic rings. The van der Waals surface area contributed by atoms with E-state index in [1.165, 1.54) is 11.3 Å². The average molecular weight is 307 g/mol. The van der Waals surface area contributed by atoms with Gasteiger partial charge in [-0.1, -0.05) is 0 Å². The Kier molecular flexibility index (Phi) is 3.97. The molecule has 6 heteroatoms. The number of amides is 2. The van der Waals surface area contributed by atoms with Gasteiger partial charge in [-0.25, -0.2) is 4.98 Å². The topological polar surface area (TPSA) is 53.5 Å². The molecule has 1 aliphatic carbocycles. The van der Waals surface area contributed by atoms with E-state index in [2.05, 4.69) is 18.8 Å². The first-order valence-electron chi connectivity index (χ1n) is 7.62. The molecule has 0 spiro atoms. The zero-order chi connectivity index (χ0) is 15.0. The Morgan fingerprint density at radius 1 is 1.52 bits per heavy atom. The number of rotatable bonds is 5. The molecule has 2 amide bonds. The van der Waals surface area contributed by atoms with Gasteiger partial charge in [0.2, 0.25) is 11.8 Å². The Morgan fingerprint density at radius 3 is 2.86 bits per heavy atom. The van der Waals surface area contributed by atoms with Crippen LogP contribution in [0.1, 0.15) is 45.2 Å². The van der Waals surface area contributed by atoms with Crippen LogP contribution >= 0.6 is 11.3 Å². The normalized spacial score (nSPS) is 18.6. The van der Waals surface area contributed by atoms with Gasteiger partial charge in [-0.3, -0.25) is 14.5 Å². The Hall–Kier alpha value is -1.43. The zero-order valence-electron chi connectivity index (χ0n) is 12.5. The molecule has 1 aromatic heterocycles. The summed E-state index contributed by atoms with van der Waals surface area (Å²) < 4.78 is 0. The lowest BCUT2D eigenvalue weighted by Crippen LogP contribution is -2.39. The van der Waals surface area contributed by atoms with Gasteiger partial charge in [-0.05, 0) is 33.1 Å². The quantitative estimate of drug-likeness (QED) is 0.838. The third kappa shape index (κ3) is 3.10. The second kappa shape index (κ2) is 5.75. The molecule has 21 heavy (non-hydrogen) atoms. The Bertz CT molecular complexity index is 549. The van der Waals surface area contributed by atoms with Crippen LogP contribution in [0.4, 0.5) is 5.13 Å². The van der Waals surface area contributed by atoms with Crippen LogP contribution in [0.3, 0.4) is 0 Å². The maximum absolute atomic E-state index is 12.4. The minimum absolute atomic E-state index is 0.143. The second-order valence-electron chi connectivity index (χ2n) is 6.07. The molecule has 0 radical (unpaired) electrons. The van der Waals surface area contributed by atoms with Crippen molar-refractivity contribution in [3.05, 3.63) is 11.1 Å². The lowest BCUT2D eigenvalue weighted by atomic mass is 10.2. The highest BCUT2D eigenvalue weighted by Crippen LogP contribution is 2.30. The van der Waals surface area contributed by atoms with Gasteiger partial charge < -0.3 is 4.90 Å². The van der Waals surface area contributed by atoms with E-state index in [0.29, 0.717) is 18.9 Å². The first-order valence-corrected chi connectivity index (χ1v) is 8.50. The average Bonchev–Trinajstić information content (AvgIpc) is 2.96. The number of aromatic nitrogens is 1. The fraction of sp³-hybridized carbons (Fsp3) is 0.667. The Labute approximate surface area is 129 Å². The highest BCUT2D eigenvalue weighted by molar-refractivity contribution is 7.14. The fourth-order valence-electron chi connectivity index (χ4n) is 2.86. The highest BCUT2D eigenvalue weighted by atomic mass is 32.1. The number of anilines is 1. The molecule has 0 atom stereocenters. The first kappa shape index (κ1) is 14.5. The van der Waals surface area contributed by atoms with Gasteiger partial charge in [-0.2, -0.15) is 0 Å². The minimum Gasteiger partial charge on any atom is -0.337 e. The summed E-state index contributed by atoms with van der Waals surface area (Å²) in [5, 5.41) is 2.65. The molecule has 1 saturated carbocycles. The number of carbonyl (C=O) groups is 2. The van der Waals surface area contributed by atoms with Gasteiger partial charge in [0.1, 0.15) is 0 Å². The SMILES string of the molecule is CC(C)N(C(=O)Cc1csc(N2CCCC2=O)n1)C1CC1. The largest absolute Gasteiger partial charge is 0.337 e. The van der Waals surface area contributed by atoms with Gasteiger partial charge in [0, 0.05) is 30.4 Å². The predicted octanol–water partition coefficient (Wildman–Crippen LogP) is 2.21. The van der Waals surface area contributed by atoms with Crippen LogP contribution in [0.15, 0.2) is 5.38 Å². The fourth-order valence-corrected chi connectivity index (χ4v) is 3.73. The van der Waals surface area contributed by atoms with Crippen molar-refractivity contribution >= 4 is 28.3 Å². The molecular formula is C15H21N3O2S. The van der Waals surface area contributed by atoms with Gasteiger partial charge in [0.15, 0.2) is 5.13 Å². The highest BCUT2D eigenvalue weighted by Gasteiger charge is 2.34. The number of hydrogen-bond acceptors (Lipinski definition) is 4.